The second-order valence-corrected chi connectivity index (χ2v) is 3.07. The molecule has 0 saturated carbocycles. The van der Waals surface area contributed by atoms with E-state index in [9.17, 15) is 0 Å². The van der Waals surface area contributed by atoms with Crippen LogP contribution in [0, 0.1) is 0 Å². The van der Waals surface area contributed by atoms with Crippen molar-refractivity contribution in [2.45, 2.75) is 0 Å². The third-order valence-corrected chi connectivity index (χ3v) is 2.29. The van der Waals surface area contributed by atoms with Gasteiger partial charge in [0.25, 0.3) is 0 Å². The van der Waals surface area contributed by atoms with Crippen molar-refractivity contribution in [3.8, 4) is 0 Å². The lowest BCUT2D eigenvalue weighted by Crippen LogP contribution is -1.81. The summed E-state index contributed by atoms with van der Waals surface area (Å²) in [4.78, 5) is 4.11. The highest BCUT2D eigenvalue weighted by atomic mass is 14.9. The maximum atomic E-state index is 4.11. The van der Waals surface area contributed by atoms with E-state index in [1.165, 1.54) is 10.9 Å². The second kappa shape index (κ2) is 2.33. The van der Waals surface area contributed by atoms with Gasteiger partial charge in [0.2, 0.25) is 0 Å². The minimum absolute atomic E-state index is 1.16. The molecule has 0 saturated heterocycles. The van der Waals surface area contributed by atoms with E-state index in [0.717, 1.165) is 5.52 Å². The molecule has 13 heavy (non-hydrogen) atoms. The molecule has 2 nitrogen and oxygen atoms in total. The summed E-state index contributed by atoms with van der Waals surface area (Å²) in [6, 6.07) is 10.4. The molecule has 3 heterocycles. The lowest BCUT2D eigenvalue weighted by Gasteiger charge is -1.93. The standard InChI is InChI=1S/C11H8N2/c1-2-6-13-10(3-1)7-9-4-5-12-8-11(9)13/h1-8H. The fourth-order valence-electron chi connectivity index (χ4n) is 1.67. The minimum atomic E-state index is 1.16. The number of hydrogen-bond acceptors (Lipinski definition) is 1. The van der Waals surface area contributed by atoms with Gasteiger partial charge in [-0.05, 0) is 24.3 Å². The van der Waals surface area contributed by atoms with Gasteiger partial charge in [0.15, 0.2) is 0 Å². The average molecular weight is 168 g/mol. The third-order valence-electron chi connectivity index (χ3n) is 2.29. The van der Waals surface area contributed by atoms with Gasteiger partial charge in [-0.2, -0.15) is 0 Å². The summed E-state index contributed by atoms with van der Waals surface area (Å²) in [5.41, 5.74) is 2.38. The molecule has 0 fully saturated rings. The molecule has 0 bridgehead atoms. The smallest absolute Gasteiger partial charge is 0.0712 e. The molecule has 3 aromatic heterocycles. The first-order valence-corrected chi connectivity index (χ1v) is 4.25. The van der Waals surface area contributed by atoms with Gasteiger partial charge in [-0.15, -0.1) is 0 Å². The molecule has 0 radical (unpaired) electrons. The van der Waals surface area contributed by atoms with Crippen LogP contribution in [0.15, 0.2) is 48.9 Å². The zero-order valence-electron chi connectivity index (χ0n) is 7.01. The molecule has 0 aromatic carbocycles. The SMILES string of the molecule is c1ccn2c(c1)cc1ccncc12. The predicted molar refractivity (Wildman–Crippen MR) is 52.7 cm³/mol. The summed E-state index contributed by atoms with van der Waals surface area (Å²) >= 11 is 0. The third kappa shape index (κ3) is 0.855. The normalized spacial score (nSPS) is 11.1. The molecule has 0 unspecified atom stereocenters. The Balaban J connectivity index is 2.64. The number of hydrogen-bond donors (Lipinski definition) is 0. The van der Waals surface area contributed by atoms with Gasteiger partial charge in [-0.25, -0.2) is 0 Å². The fraction of sp³-hybridized carbons (Fsp3) is 0. The average Bonchev–Trinajstić information content (AvgIpc) is 2.56. The Hall–Kier alpha value is -1.83. The number of rotatable bonds is 0. The molecule has 0 N–H and O–H groups in total. The van der Waals surface area contributed by atoms with Crippen molar-refractivity contribution in [3.05, 3.63) is 48.9 Å². The van der Waals surface area contributed by atoms with Crippen LogP contribution in [0.5, 0.6) is 0 Å². The maximum Gasteiger partial charge on any atom is 0.0712 e. The Morgan fingerprint density at radius 1 is 1.15 bits per heavy atom. The summed E-state index contributed by atoms with van der Waals surface area (Å²) in [5, 5.41) is 1.24. The summed E-state index contributed by atoms with van der Waals surface area (Å²) in [6.45, 7) is 0. The lowest BCUT2D eigenvalue weighted by molar-refractivity contribution is 1.23. The monoisotopic (exact) mass is 168 g/mol. The minimum Gasteiger partial charge on any atom is -0.315 e. The maximum absolute atomic E-state index is 4.11. The van der Waals surface area contributed by atoms with Gasteiger partial charge < -0.3 is 4.40 Å². The molecule has 3 rings (SSSR count). The van der Waals surface area contributed by atoms with E-state index >= 15 is 0 Å². The van der Waals surface area contributed by atoms with Gasteiger partial charge in [-0.3, -0.25) is 4.98 Å². The first-order chi connectivity index (χ1) is 6.45. The van der Waals surface area contributed by atoms with Crippen LogP contribution in [0.2, 0.25) is 0 Å². The zero-order valence-corrected chi connectivity index (χ0v) is 7.01. The van der Waals surface area contributed by atoms with E-state index in [0.29, 0.717) is 0 Å². The van der Waals surface area contributed by atoms with E-state index in [1.54, 1.807) is 0 Å². The highest BCUT2D eigenvalue weighted by Gasteiger charge is 1.99. The Bertz CT molecular complexity index is 516. The van der Waals surface area contributed by atoms with E-state index < -0.39 is 0 Å². The molecule has 2 heteroatoms. The van der Waals surface area contributed by atoms with Crippen LogP contribution in [-0.2, 0) is 0 Å². The highest BCUT2D eigenvalue weighted by molar-refractivity contribution is 5.86. The van der Waals surface area contributed by atoms with Gasteiger partial charge >= 0.3 is 0 Å². The number of nitrogens with zero attached hydrogens (tertiary/aromatic N) is 2. The van der Waals surface area contributed by atoms with Crippen molar-refractivity contribution in [3.63, 3.8) is 0 Å². The number of aromatic nitrogens is 2. The van der Waals surface area contributed by atoms with Crippen molar-refractivity contribution in [1.82, 2.24) is 9.38 Å². The van der Waals surface area contributed by atoms with Crippen molar-refractivity contribution in [2.24, 2.45) is 0 Å². The Kier molecular flexibility index (Phi) is 1.19. The second-order valence-electron chi connectivity index (χ2n) is 3.07. The van der Waals surface area contributed by atoms with Crippen LogP contribution in [0.3, 0.4) is 0 Å². The van der Waals surface area contributed by atoms with Crippen LogP contribution in [0.25, 0.3) is 16.4 Å². The topological polar surface area (TPSA) is 17.3 Å². The summed E-state index contributed by atoms with van der Waals surface area (Å²) in [6.07, 6.45) is 5.77. The Labute approximate surface area is 75.5 Å². The Morgan fingerprint density at radius 3 is 3.15 bits per heavy atom. The quantitative estimate of drug-likeness (QED) is 0.504. The van der Waals surface area contributed by atoms with E-state index in [4.69, 9.17) is 0 Å². The van der Waals surface area contributed by atoms with E-state index in [1.807, 2.05) is 30.6 Å². The first kappa shape index (κ1) is 6.66. The van der Waals surface area contributed by atoms with Gasteiger partial charge in [0, 0.05) is 23.3 Å². The predicted octanol–water partition coefficient (Wildman–Crippen LogP) is 2.49. The molecule has 0 spiro atoms. The fourth-order valence-corrected chi connectivity index (χ4v) is 1.67. The molecule has 3 aromatic rings. The molecule has 0 atom stereocenters. The Morgan fingerprint density at radius 2 is 2.15 bits per heavy atom. The van der Waals surface area contributed by atoms with Gasteiger partial charge in [0.05, 0.1) is 11.7 Å². The molecule has 0 aliphatic heterocycles. The lowest BCUT2D eigenvalue weighted by atomic mass is 10.3. The number of fused-ring (bicyclic) bond motifs is 3. The summed E-state index contributed by atoms with van der Waals surface area (Å²) in [5.74, 6) is 0. The molecule has 0 aliphatic rings. The van der Waals surface area contributed by atoms with Gasteiger partial charge in [0.1, 0.15) is 0 Å². The molecule has 0 amide bonds. The number of pyridine rings is 2. The molecular formula is C11H8N2. The molecule has 0 aliphatic carbocycles. The van der Waals surface area contributed by atoms with Crippen LogP contribution < -0.4 is 0 Å². The van der Waals surface area contributed by atoms with Crippen LogP contribution >= 0.6 is 0 Å². The van der Waals surface area contributed by atoms with E-state index in [-0.39, 0.29) is 0 Å². The van der Waals surface area contributed by atoms with Crippen molar-refractivity contribution in [2.75, 3.05) is 0 Å². The molecular weight excluding hydrogens is 160 g/mol. The van der Waals surface area contributed by atoms with E-state index in [2.05, 4.69) is 27.7 Å². The zero-order chi connectivity index (χ0) is 8.67. The van der Waals surface area contributed by atoms with Crippen LogP contribution in [0.1, 0.15) is 0 Å². The largest absolute Gasteiger partial charge is 0.315 e. The summed E-state index contributed by atoms with van der Waals surface area (Å²) < 4.78 is 2.14. The van der Waals surface area contributed by atoms with Crippen molar-refractivity contribution < 1.29 is 0 Å². The van der Waals surface area contributed by atoms with Crippen LogP contribution in [-0.4, -0.2) is 9.38 Å². The highest BCUT2D eigenvalue weighted by Crippen LogP contribution is 2.17. The first-order valence-electron chi connectivity index (χ1n) is 4.25. The van der Waals surface area contributed by atoms with Crippen molar-refractivity contribution >= 4 is 16.4 Å². The van der Waals surface area contributed by atoms with Crippen molar-refractivity contribution in [1.29, 1.82) is 0 Å². The molecule has 62 valence electrons. The summed E-state index contributed by atoms with van der Waals surface area (Å²) in [7, 11) is 0. The van der Waals surface area contributed by atoms with Gasteiger partial charge in [-0.1, -0.05) is 6.07 Å². The van der Waals surface area contributed by atoms with Crippen LogP contribution in [0.4, 0.5) is 0 Å².